The van der Waals surface area contributed by atoms with Gasteiger partial charge in [-0.15, -0.1) is 0 Å². The van der Waals surface area contributed by atoms with Crippen LogP contribution in [0.5, 0.6) is 0 Å². The molecule has 3 heterocycles. The Balaban J connectivity index is 1.03. The van der Waals surface area contributed by atoms with Crippen LogP contribution in [0.4, 0.5) is 0 Å². The Morgan fingerprint density at radius 3 is 1.00 bits per heavy atom. The fourth-order valence-electron chi connectivity index (χ4n) is 8.40. The smallest absolute Gasteiger partial charge is 0.0645 e. The summed E-state index contributed by atoms with van der Waals surface area (Å²) in [5.41, 5.74) is 5.14. The van der Waals surface area contributed by atoms with Gasteiger partial charge in [0.15, 0.2) is 0 Å². The van der Waals surface area contributed by atoms with Crippen molar-refractivity contribution in [1.29, 1.82) is 0 Å². The number of nitrogens with zero attached hydrogens (tertiary/aromatic N) is 3. The van der Waals surface area contributed by atoms with Crippen LogP contribution in [0.15, 0.2) is 212 Å². The first-order valence-corrected chi connectivity index (χ1v) is 18.5. The zero-order chi connectivity index (χ0) is 48.8. The summed E-state index contributed by atoms with van der Waals surface area (Å²) in [5.74, 6) is 0. The quantitative estimate of drug-likeness (QED) is 0.167. The Hall–Kier alpha value is -7.62. The Morgan fingerprint density at radius 2 is 0.579 bits per heavy atom. The molecular weight excluding hydrogens is 691 g/mol. The fourth-order valence-corrected chi connectivity index (χ4v) is 8.40. The van der Waals surface area contributed by atoms with E-state index in [4.69, 9.17) is 12.3 Å². The lowest BCUT2D eigenvalue weighted by Crippen LogP contribution is -1.96. The van der Waals surface area contributed by atoms with Gasteiger partial charge in [-0.1, -0.05) is 139 Å². The van der Waals surface area contributed by atoms with E-state index in [0.29, 0.717) is 11.0 Å². The molecule has 0 saturated carbocycles. The van der Waals surface area contributed by atoms with Crippen LogP contribution >= 0.6 is 0 Å². The zero-order valence-corrected chi connectivity index (χ0v) is 30.0. The summed E-state index contributed by atoms with van der Waals surface area (Å²) < 4.78 is 121. The third kappa shape index (κ3) is 4.86. The molecule has 0 amide bonds. The van der Waals surface area contributed by atoms with E-state index < -0.39 is 101 Å². The van der Waals surface area contributed by atoms with Crippen molar-refractivity contribution in [3.8, 4) is 39.3 Å². The topological polar surface area (TPSA) is 14.8 Å². The first-order valence-electron chi connectivity index (χ1n) is 25.0. The Labute approximate surface area is 347 Å². The van der Waals surface area contributed by atoms with Crippen molar-refractivity contribution in [3.63, 3.8) is 0 Å². The van der Waals surface area contributed by atoms with Crippen molar-refractivity contribution in [3.05, 3.63) is 212 Å². The number of aromatic nitrogens is 3. The molecule has 0 unspecified atom stereocenters. The molecule has 0 spiro atoms. The van der Waals surface area contributed by atoms with E-state index in [-0.39, 0.29) is 5.69 Å². The molecule has 0 radical (unpaired) electrons. The highest BCUT2D eigenvalue weighted by Crippen LogP contribution is 2.39. The molecule has 12 rings (SSSR count). The Bertz CT molecular complexity index is 4160. The van der Waals surface area contributed by atoms with Crippen LogP contribution in [0.1, 0.15) is 17.8 Å². The molecule has 3 nitrogen and oxygen atoms in total. The van der Waals surface area contributed by atoms with E-state index >= 15 is 0 Å². The third-order valence-electron chi connectivity index (χ3n) is 10.9. The van der Waals surface area contributed by atoms with Gasteiger partial charge in [0.05, 0.1) is 50.9 Å². The highest BCUT2D eigenvalue weighted by Gasteiger charge is 2.18. The second-order valence-corrected chi connectivity index (χ2v) is 14.0. The Kier molecular flexibility index (Phi) is 4.69. The van der Waals surface area contributed by atoms with Crippen LogP contribution in [0, 0.1) is 0 Å². The number of benzene rings is 9. The molecule has 3 heteroatoms. The van der Waals surface area contributed by atoms with E-state index in [1.165, 1.54) is 10.8 Å². The monoisotopic (exact) mass is 738 g/mol. The van der Waals surface area contributed by atoms with Crippen LogP contribution in [0.3, 0.4) is 0 Å². The number of hydrogen-bond acceptors (Lipinski definition) is 0. The van der Waals surface area contributed by atoms with Crippen molar-refractivity contribution < 1.29 is 17.8 Å². The van der Waals surface area contributed by atoms with Gasteiger partial charge < -0.3 is 13.7 Å². The van der Waals surface area contributed by atoms with Crippen molar-refractivity contribution in [2.45, 2.75) is 0 Å². The van der Waals surface area contributed by atoms with Gasteiger partial charge >= 0.3 is 0 Å². The minimum absolute atomic E-state index is 0.0850. The van der Waals surface area contributed by atoms with Crippen molar-refractivity contribution in [2.75, 3.05) is 0 Å². The van der Waals surface area contributed by atoms with Crippen molar-refractivity contribution in [2.24, 2.45) is 0 Å². The van der Waals surface area contributed by atoms with Gasteiger partial charge in [0.2, 0.25) is 0 Å². The molecule has 0 N–H and O–H groups in total. The molecule has 0 aliphatic rings. The first-order chi connectivity index (χ1) is 33.7. The average molecular weight is 739 g/mol. The lowest BCUT2D eigenvalue weighted by atomic mass is 10.0. The number of para-hydroxylation sites is 4. The van der Waals surface area contributed by atoms with E-state index in [9.17, 15) is 5.48 Å². The largest absolute Gasteiger partial charge is 0.309 e. The lowest BCUT2D eigenvalue weighted by molar-refractivity contribution is 1.16. The Morgan fingerprint density at radius 1 is 0.263 bits per heavy atom. The van der Waals surface area contributed by atoms with E-state index in [1.807, 2.05) is 48.5 Å². The molecule has 9 aromatic carbocycles. The molecule has 266 valence electrons. The van der Waals surface area contributed by atoms with Crippen LogP contribution in [-0.2, 0) is 0 Å². The first kappa shape index (κ1) is 21.5. The second-order valence-electron chi connectivity index (χ2n) is 14.0. The minimum Gasteiger partial charge on any atom is -0.309 e. The maximum absolute atomic E-state index is 9.45. The maximum atomic E-state index is 9.45. The number of fused-ring (bicyclic) bond motifs is 9. The standard InChI is InChI=1S/C54H35N3/c1-2-12-36(13-3-1)37-22-24-38(25-23-37)39-26-28-40(29-27-39)55-51-20-10-6-16-45(51)47-35-42(30-32-53(47)55)57-52-21-11-7-17-46(52)48-34-41(31-33-54(48)57)56-49-18-8-4-14-43(49)44-15-5-9-19-50(44)56/h1-35H/i1D,2D,3D,12D,13D,22D,23D,24D,25D,26D,27D,28D,29D. The molecule has 0 aliphatic carbocycles. The average Bonchev–Trinajstić information content (AvgIpc) is 4.01. The van der Waals surface area contributed by atoms with Crippen LogP contribution in [-0.4, -0.2) is 13.7 Å². The van der Waals surface area contributed by atoms with Gasteiger partial charge in [-0.2, -0.15) is 0 Å². The molecule has 0 saturated heterocycles. The summed E-state index contributed by atoms with van der Waals surface area (Å²) in [6, 6.07) is 36.3. The number of hydrogen-bond donors (Lipinski definition) is 0. The predicted molar refractivity (Wildman–Crippen MR) is 240 cm³/mol. The van der Waals surface area contributed by atoms with Gasteiger partial charge in [-0.25, -0.2) is 0 Å². The second kappa shape index (κ2) is 12.5. The third-order valence-corrected chi connectivity index (χ3v) is 10.9. The maximum Gasteiger partial charge on any atom is 0.0645 e. The van der Waals surface area contributed by atoms with E-state index in [0.717, 1.165) is 55.0 Å². The van der Waals surface area contributed by atoms with Gasteiger partial charge in [-0.05, 0) is 95.0 Å². The fraction of sp³-hybridized carbons (Fsp3) is 0. The van der Waals surface area contributed by atoms with Crippen molar-refractivity contribution in [1.82, 2.24) is 13.7 Å². The highest BCUT2D eigenvalue weighted by molar-refractivity contribution is 6.14. The molecule has 0 atom stereocenters. The summed E-state index contributed by atoms with van der Waals surface area (Å²) in [7, 11) is 0. The van der Waals surface area contributed by atoms with Crippen molar-refractivity contribution >= 4 is 65.4 Å². The molecule has 3 aromatic heterocycles. The summed E-state index contributed by atoms with van der Waals surface area (Å²) in [5, 5.41) is 6.05. The van der Waals surface area contributed by atoms with Gasteiger partial charge in [-0.3, -0.25) is 0 Å². The summed E-state index contributed by atoms with van der Waals surface area (Å²) in [4.78, 5) is 0. The molecule has 0 bridgehead atoms. The lowest BCUT2D eigenvalue weighted by Gasteiger charge is -2.12. The van der Waals surface area contributed by atoms with Gasteiger partial charge in [0.1, 0.15) is 0 Å². The molecule has 0 fully saturated rings. The van der Waals surface area contributed by atoms with Gasteiger partial charge in [0.25, 0.3) is 0 Å². The molecular formula is C54H35N3. The minimum atomic E-state index is -0.763. The normalized spacial score (nSPS) is 15.1. The number of rotatable bonds is 5. The molecule has 12 aromatic rings. The van der Waals surface area contributed by atoms with E-state index in [1.54, 1.807) is 4.57 Å². The predicted octanol–water partition coefficient (Wildman–Crippen LogP) is 14.3. The highest BCUT2D eigenvalue weighted by atomic mass is 15.0. The van der Waals surface area contributed by atoms with Crippen LogP contribution in [0.2, 0.25) is 0 Å². The summed E-state index contributed by atoms with van der Waals surface area (Å²) in [6.07, 6.45) is 0. The molecule has 0 aliphatic heterocycles. The summed E-state index contributed by atoms with van der Waals surface area (Å²) in [6.45, 7) is 0. The van der Waals surface area contributed by atoms with E-state index in [2.05, 4.69) is 94.1 Å². The van der Waals surface area contributed by atoms with Gasteiger partial charge in [0, 0.05) is 49.4 Å². The summed E-state index contributed by atoms with van der Waals surface area (Å²) >= 11 is 0. The molecule has 57 heavy (non-hydrogen) atoms. The zero-order valence-electron chi connectivity index (χ0n) is 43.0. The van der Waals surface area contributed by atoms with Crippen LogP contribution in [0.25, 0.3) is 105 Å². The SMILES string of the molecule is [2H]c1c([2H])c([2H])c(-c2c([2H])c([2H])c(-c3c([2H])c([2H])c(-n4c5ccccc5c5cc(-n6c7ccccc7c7cc(-n8c9ccccc9c9ccccc98)ccc76)ccc54)c([2H])c3[2H])c([2H])c2[2H])c([2H])c1[2H]. The van der Waals surface area contributed by atoms with Crippen LogP contribution < -0.4 is 0 Å².